The Hall–Kier alpha value is -4.99. The molecule has 2 heterocycles. The maximum absolute atomic E-state index is 13.6. The van der Waals surface area contributed by atoms with Gasteiger partial charge in [-0.3, -0.25) is 9.67 Å². The highest BCUT2D eigenvalue weighted by molar-refractivity contribution is 5.46. The molecule has 180 valence electrons. The Bertz CT molecular complexity index is 1730. The largest absolute Gasteiger partial charge is 0.457 e. The van der Waals surface area contributed by atoms with E-state index in [4.69, 9.17) is 4.74 Å². The lowest BCUT2D eigenvalue weighted by molar-refractivity contribution is 0.471. The minimum atomic E-state index is -0.887. The number of aromatic amines is 1. The number of aromatic nitrogens is 5. The molecule has 0 saturated carbocycles. The van der Waals surface area contributed by atoms with Crippen LogP contribution in [0.3, 0.4) is 0 Å². The van der Waals surface area contributed by atoms with E-state index >= 15 is 0 Å². The first kappa shape index (κ1) is 22.8. The van der Waals surface area contributed by atoms with Crippen LogP contribution < -0.4 is 21.8 Å². The zero-order valence-corrected chi connectivity index (χ0v) is 19.1. The second-order valence-electron chi connectivity index (χ2n) is 8.09. The Morgan fingerprint density at radius 1 is 0.889 bits per heavy atom. The molecule has 0 atom stereocenters. The summed E-state index contributed by atoms with van der Waals surface area (Å²) in [6, 6.07) is 20.6. The Morgan fingerprint density at radius 3 is 2.28 bits per heavy atom. The van der Waals surface area contributed by atoms with Gasteiger partial charge in [-0.2, -0.15) is 5.10 Å². The molecule has 36 heavy (non-hydrogen) atoms. The van der Waals surface area contributed by atoms with Gasteiger partial charge in [-0.25, -0.2) is 27.9 Å². The first-order valence-corrected chi connectivity index (χ1v) is 11.0. The van der Waals surface area contributed by atoms with Crippen molar-refractivity contribution in [3.63, 3.8) is 0 Å². The molecule has 0 aliphatic rings. The van der Waals surface area contributed by atoms with Gasteiger partial charge in [0, 0.05) is 5.56 Å². The zero-order chi connectivity index (χ0) is 25.2. The van der Waals surface area contributed by atoms with Gasteiger partial charge in [-0.15, -0.1) is 0 Å². The van der Waals surface area contributed by atoms with Crippen molar-refractivity contribution in [3.05, 3.63) is 134 Å². The fourth-order valence-electron chi connectivity index (χ4n) is 3.84. The lowest BCUT2D eigenvalue weighted by Crippen LogP contribution is -2.48. The van der Waals surface area contributed by atoms with Crippen molar-refractivity contribution in [1.29, 1.82) is 0 Å². The highest BCUT2D eigenvalue weighted by atomic mass is 19.1. The minimum absolute atomic E-state index is 0.101. The second-order valence-corrected chi connectivity index (χ2v) is 8.09. The maximum Gasteiger partial charge on any atom is 0.345 e. The van der Waals surface area contributed by atoms with Crippen LogP contribution in [0.4, 0.5) is 4.39 Å². The summed E-state index contributed by atoms with van der Waals surface area (Å²) < 4.78 is 22.7. The fraction of sp³-hybridized carbons (Fsp3) is 0.0769. The molecule has 0 unspecified atom stereocenters. The number of hydrogen-bond acceptors (Lipinski definition) is 5. The lowest BCUT2D eigenvalue weighted by Gasteiger charge is -2.15. The molecular weight excluding hydrogens is 465 g/mol. The number of halogens is 1. The van der Waals surface area contributed by atoms with E-state index in [2.05, 4.69) is 10.1 Å². The monoisotopic (exact) mass is 485 g/mol. The third-order valence-corrected chi connectivity index (χ3v) is 5.47. The van der Waals surface area contributed by atoms with E-state index in [-0.39, 0.29) is 12.2 Å². The summed E-state index contributed by atoms with van der Waals surface area (Å²) in [7, 11) is 0. The van der Waals surface area contributed by atoms with Crippen molar-refractivity contribution in [1.82, 2.24) is 23.9 Å². The van der Waals surface area contributed by atoms with Gasteiger partial charge in [0.25, 0.3) is 0 Å². The van der Waals surface area contributed by atoms with Gasteiger partial charge in [0.05, 0.1) is 30.3 Å². The molecular formula is C26H20FN5O4. The van der Waals surface area contributed by atoms with E-state index in [0.29, 0.717) is 22.7 Å². The summed E-state index contributed by atoms with van der Waals surface area (Å²) in [6.07, 6.45) is 2.30. The molecule has 0 bridgehead atoms. The summed E-state index contributed by atoms with van der Waals surface area (Å²) in [5, 5.41) is 3.97. The Kier molecular flexibility index (Phi) is 5.91. The van der Waals surface area contributed by atoms with Crippen molar-refractivity contribution >= 4 is 0 Å². The minimum Gasteiger partial charge on any atom is -0.457 e. The number of nitrogens with zero attached hydrogens (tertiary/aromatic N) is 4. The molecule has 0 aliphatic heterocycles. The Morgan fingerprint density at radius 2 is 1.61 bits per heavy atom. The molecule has 0 aliphatic carbocycles. The van der Waals surface area contributed by atoms with Gasteiger partial charge in [0.1, 0.15) is 11.5 Å². The summed E-state index contributed by atoms with van der Waals surface area (Å²) in [5.41, 5.74) is -0.671. The third-order valence-electron chi connectivity index (χ3n) is 5.47. The summed E-state index contributed by atoms with van der Waals surface area (Å²) in [4.78, 5) is 40.9. The van der Waals surface area contributed by atoms with Gasteiger partial charge >= 0.3 is 17.1 Å². The average molecular weight is 485 g/mol. The average Bonchev–Trinajstić information content (AvgIpc) is 3.25. The number of ether oxygens (including phenoxy) is 1. The van der Waals surface area contributed by atoms with Crippen LogP contribution in [0.25, 0.3) is 11.4 Å². The first-order valence-electron chi connectivity index (χ1n) is 11.0. The molecule has 0 amide bonds. The van der Waals surface area contributed by atoms with E-state index in [0.717, 1.165) is 20.9 Å². The van der Waals surface area contributed by atoms with Gasteiger partial charge in [-0.1, -0.05) is 30.3 Å². The second kappa shape index (κ2) is 9.34. The number of H-pyrrole nitrogens is 1. The molecule has 5 aromatic rings. The van der Waals surface area contributed by atoms with Crippen LogP contribution in [-0.2, 0) is 6.54 Å². The number of hydrogen-bond donors (Lipinski definition) is 1. The number of aryl methyl sites for hydroxylation is 1. The SMILES string of the molecule is Cc1cccc(-n2c(=O)[nH]c(=O)n(-c3ccc(Oc4ccccc4)c(Cn4cc(F)cn4)c3)c2=O)c1. The Labute approximate surface area is 203 Å². The summed E-state index contributed by atoms with van der Waals surface area (Å²) in [5.74, 6) is 0.494. The van der Waals surface area contributed by atoms with Crippen molar-refractivity contribution in [3.8, 4) is 22.9 Å². The standard InChI is InChI=1S/C26H20FN5O4/c1-17-6-5-7-20(12-17)31-24(33)29-25(34)32(26(31)35)21-10-11-23(36-22-8-3-2-4-9-22)18(13-21)15-30-16-19(27)14-28-30/h2-14,16H,15H2,1H3,(H,29,33,34). The molecule has 10 heteroatoms. The van der Waals surface area contributed by atoms with Gasteiger partial charge in [0.15, 0.2) is 5.82 Å². The van der Waals surface area contributed by atoms with Crippen molar-refractivity contribution in [2.45, 2.75) is 13.5 Å². The zero-order valence-electron chi connectivity index (χ0n) is 19.1. The predicted octanol–water partition coefficient (Wildman–Crippen LogP) is 3.16. The Balaban J connectivity index is 1.66. The molecule has 9 nitrogen and oxygen atoms in total. The van der Waals surface area contributed by atoms with E-state index in [9.17, 15) is 18.8 Å². The van der Waals surface area contributed by atoms with Crippen molar-refractivity contribution in [2.75, 3.05) is 0 Å². The number of nitrogens with one attached hydrogen (secondary N) is 1. The third kappa shape index (κ3) is 4.51. The fourth-order valence-corrected chi connectivity index (χ4v) is 3.84. The number of rotatable bonds is 6. The van der Waals surface area contributed by atoms with Crippen molar-refractivity contribution in [2.24, 2.45) is 0 Å². The maximum atomic E-state index is 13.6. The van der Waals surface area contributed by atoms with E-state index < -0.39 is 22.9 Å². The number of benzene rings is 3. The molecule has 0 saturated heterocycles. The molecule has 0 fully saturated rings. The predicted molar refractivity (Wildman–Crippen MR) is 131 cm³/mol. The van der Waals surface area contributed by atoms with Gasteiger partial charge in [-0.05, 0) is 55.0 Å². The smallest absolute Gasteiger partial charge is 0.345 e. The summed E-state index contributed by atoms with van der Waals surface area (Å²) >= 11 is 0. The quantitative estimate of drug-likeness (QED) is 0.398. The van der Waals surface area contributed by atoms with Crippen LogP contribution in [0.1, 0.15) is 11.1 Å². The molecule has 1 N–H and O–H groups in total. The normalized spacial score (nSPS) is 10.9. The molecule has 0 spiro atoms. The molecule has 2 aromatic heterocycles. The van der Waals surface area contributed by atoms with Gasteiger partial charge < -0.3 is 4.74 Å². The molecule has 0 radical (unpaired) electrons. The van der Waals surface area contributed by atoms with Crippen LogP contribution in [0.2, 0.25) is 0 Å². The van der Waals surface area contributed by atoms with E-state index in [1.807, 2.05) is 31.2 Å². The van der Waals surface area contributed by atoms with E-state index in [1.165, 1.54) is 16.9 Å². The topological polar surface area (TPSA) is 104 Å². The van der Waals surface area contributed by atoms with Gasteiger partial charge in [0.2, 0.25) is 0 Å². The lowest BCUT2D eigenvalue weighted by atomic mass is 10.1. The highest BCUT2D eigenvalue weighted by Gasteiger charge is 2.16. The molecule has 5 rings (SSSR count). The van der Waals surface area contributed by atoms with Crippen LogP contribution >= 0.6 is 0 Å². The van der Waals surface area contributed by atoms with Crippen molar-refractivity contribution < 1.29 is 9.13 Å². The summed E-state index contributed by atoms with van der Waals surface area (Å²) in [6.45, 7) is 1.93. The first-order chi connectivity index (χ1) is 17.4. The molecule has 3 aromatic carbocycles. The van der Waals surface area contributed by atoms with Crippen LogP contribution in [0, 0.1) is 12.7 Å². The van der Waals surface area contributed by atoms with Crippen LogP contribution in [0.15, 0.2) is 99.6 Å². The number of para-hydroxylation sites is 1. The highest BCUT2D eigenvalue weighted by Crippen LogP contribution is 2.27. The van der Waals surface area contributed by atoms with Crippen LogP contribution in [0.5, 0.6) is 11.5 Å². The van der Waals surface area contributed by atoms with E-state index in [1.54, 1.807) is 42.5 Å². The van der Waals surface area contributed by atoms with Crippen LogP contribution in [-0.4, -0.2) is 23.9 Å².